The predicted octanol–water partition coefficient (Wildman–Crippen LogP) is 6.00. The van der Waals surface area contributed by atoms with Gasteiger partial charge in [0.25, 0.3) is 0 Å². The van der Waals surface area contributed by atoms with Crippen LogP contribution in [0.2, 0.25) is 10.0 Å². The number of ether oxygens (including phenoxy) is 2. The quantitative estimate of drug-likeness (QED) is 0.288. The van der Waals surface area contributed by atoms with Crippen LogP contribution in [0.5, 0.6) is 5.75 Å². The van der Waals surface area contributed by atoms with Gasteiger partial charge in [-0.05, 0) is 38.0 Å². The molecule has 1 aromatic carbocycles. The fourth-order valence-corrected chi connectivity index (χ4v) is 2.24. The molecule has 0 fully saturated rings. The van der Waals surface area contributed by atoms with Gasteiger partial charge >= 0.3 is 5.97 Å². The molecular weight excluding hydrogens is 347 g/mol. The van der Waals surface area contributed by atoms with Crippen LogP contribution >= 0.6 is 23.2 Å². The summed E-state index contributed by atoms with van der Waals surface area (Å²) in [5.74, 6) is -0.0927. The van der Waals surface area contributed by atoms with E-state index in [0.29, 0.717) is 10.8 Å². The second-order valence-corrected chi connectivity index (χ2v) is 6.16. The number of halogens is 2. The molecule has 0 bridgehead atoms. The second kappa shape index (κ2) is 12.0. The lowest BCUT2D eigenvalue weighted by Gasteiger charge is -2.08. The second-order valence-electron chi connectivity index (χ2n) is 5.37. The van der Waals surface area contributed by atoms with Gasteiger partial charge in [-0.1, -0.05) is 66.8 Å². The minimum atomic E-state index is -0.456. The first-order valence-electron chi connectivity index (χ1n) is 8.10. The summed E-state index contributed by atoms with van der Waals surface area (Å²) in [6, 6.07) is 5.00. The van der Waals surface area contributed by atoms with Crippen molar-refractivity contribution in [1.82, 2.24) is 0 Å². The largest absolute Gasteiger partial charge is 0.480 e. The molecule has 0 N–H and O–H groups in total. The van der Waals surface area contributed by atoms with Crippen molar-refractivity contribution in [2.75, 3.05) is 13.2 Å². The molecule has 24 heavy (non-hydrogen) atoms. The molecule has 1 aromatic rings. The highest BCUT2D eigenvalue weighted by Gasteiger charge is 2.08. The van der Waals surface area contributed by atoms with Gasteiger partial charge in [-0.25, -0.2) is 4.79 Å². The Kier molecular flexibility index (Phi) is 10.3. The van der Waals surface area contributed by atoms with Crippen molar-refractivity contribution in [3.8, 4) is 5.75 Å². The third-order valence-corrected chi connectivity index (χ3v) is 4.07. The summed E-state index contributed by atoms with van der Waals surface area (Å²) >= 11 is 11.9. The zero-order valence-corrected chi connectivity index (χ0v) is 15.7. The van der Waals surface area contributed by atoms with Gasteiger partial charge < -0.3 is 9.47 Å². The molecule has 0 aromatic heterocycles. The lowest BCUT2D eigenvalue weighted by atomic mass is 10.2. The number of hydrogen-bond donors (Lipinski definition) is 0. The van der Waals surface area contributed by atoms with E-state index in [1.54, 1.807) is 18.2 Å². The molecule has 0 heterocycles. The number of carbonyl (C=O) groups excluding carboxylic acids is 1. The summed E-state index contributed by atoms with van der Waals surface area (Å²) < 4.78 is 10.4. The number of unbranched alkanes of at least 4 members (excludes halogenated alkanes) is 3. The van der Waals surface area contributed by atoms with Crippen LogP contribution in [0.25, 0.3) is 0 Å². The summed E-state index contributed by atoms with van der Waals surface area (Å²) in [5, 5.41) is 0.669. The van der Waals surface area contributed by atoms with Crippen molar-refractivity contribution < 1.29 is 14.3 Å². The normalized spacial score (nSPS) is 11.8. The molecule has 132 valence electrons. The lowest BCUT2D eigenvalue weighted by Crippen LogP contribution is -2.15. The molecule has 0 aliphatic rings. The van der Waals surface area contributed by atoms with E-state index >= 15 is 0 Å². The fraction of sp³-hybridized carbons (Fsp3) is 0.421. The molecular formula is C19H24Cl2O3. The minimum absolute atomic E-state index is 0.209. The van der Waals surface area contributed by atoms with E-state index in [1.807, 2.05) is 19.1 Å². The zero-order chi connectivity index (χ0) is 17.8. The molecule has 0 spiro atoms. The smallest absolute Gasteiger partial charge is 0.344 e. The lowest BCUT2D eigenvalue weighted by molar-refractivity contribution is -0.144. The maximum absolute atomic E-state index is 11.7. The van der Waals surface area contributed by atoms with E-state index in [1.165, 1.54) is 19.3 Å². The Morgan fingerprint density at radius 2 is 2.04 bits per heavy atom. The van der Waals surface area contributed by atoms with E-state index in [-0.39, 0.29) is 18.2 Å². The van der Waals surface area contributed by atoms with Crippen LogP contribution in [0.15, 0.2) is 42.0 Å². The average Bonchev–Trinajstić information content (AvgIpc) is 2.56. The van der Waals surface area contributed by atoms with Crippen LogP contribution in [-0.2, 0) is 9.53 Å². The Bertz CT molecular complexity index is 580. The SMILES string of the molecule is CCCCC/C=C/C(C)=C/COC(=O)COc1cccc(Cl)c1Cl. The van der Waals surface area contributed by atoms with Gasteiger partial charge in [0.1, 0.15) is 17.4 Å². The van der Waals surface area contributed by atoms with Crippen LogP contribution in [-0.4, -0.2) is 19.2 Å². The number of rotatable bonds is 10. The van der Waals surface area contributed by atoms with Gasteiger partial charge in [0.05, 0.1) is 5.02 Å². The number of esters is 1. The van der Waals surface area contributed by atoms with E-state index in [9.17, 15) is 4.79 Å². The standard InChI is InChI=1S/C19H24Cl2O3/c1-3-4-5-6-7-9-15(2)12-13-23-18(22)14-24-17-11-8-10-16(20)19(17)21/h7-12H,3-6,13-14H2,1-2H3/b9-7+,15-12+. The third-order valence-electron chi connectivity index (χ3n) is 3.27. The van der Waals surface area contributed by atoms with Crippen LogP contribution in [0, 0.1) is 0 Å². The van der Waals surface area contributed by atoms with Crippen LogP contribution in [0.1, 0.15) is 39.5 Å². The van der Waals surface area contributed by atoms with Gasteiger partial charge in [-0.3, -0.25) is 0 Å². The number of hydrogen-bond acceptors (Lipinski definition) is 3. The van der Waals surface area contributed by atoms with Gasteiger partial charge in [-0.2, -0.15) is 0 Å². The summed E-state index contributed by atoms with van der Waals surface area (Å²) in [6.45, 7) is 4.18. The van der Waals surface area contributed by atoms with Crippen molar-refractivity contribution in [2.45, 2.75) is 39.5 Å². The Balaban J connectivity index is 2.28. The molecule has 0 saturated carbocycles. The Morgan fingerprint density at radius 1 is 1.25 bits per heavy atom. The molecule has 0 unspecified atom stereocenters. The summed E-state index contributed by atoms with van der Waals surface area (Å²) in [5.41, 5.74) is 1.07. The first-order chi connectivity index (χ1) is 11.5. The van der Waals surface area contributed by atoms with Gasteiger partial charge in [-0.15, -0.1) is 0 Å². The molecule has 0 aliphatic heterocycles. The maximum Gasteiger partial charge on any atom is 0.344 e. The molecule has 3 nitrogen and oxygen atoms in total. The molecule has 1 rings (SSSR count). The summed E-state index contributed by atoms with van der Waals surface area (Å²) in [7, 11) is 0. The van der Waals surface area contributed by atoms with Crippen molar-refractivity contribution in [3.05, 3.63) is 52.0 Å². The summed E-state index contributed by atoms with van der Waals surface area (Å²) in [6.07, 6.45) is 10.8. The fourth-order valence-electron chi connectivity index (χ4n) is 1.89. The van der Waals surface area contributed by atoms with Crippen LogP contribution < -0.4 is 4.74 Å². The van der Waals surface area contributed by atoms with E-state index in [4.69, 9.17) is 32.7 Å². The van der Waals surface area contributed by atoms with Crippen molar-refractivity contribution in [2.24, 2.45) is 0 Å². The molecule has 0 saturated heterocycles. The van der Waals surface area contributed by atoms with Crippen molar-refractivity contribution >= 4 is 29.2 Å². The number of benzene rings is 1. The average molecular weight is 371 g/mol. The first kappa shape index (κ1) is 20.6. The molecule has 0 radical (unpaired) electrons. The van der Waals surface area contributed by atoms with Crippen LogP contribution in [0.4, 0.5) is 0 Å². The predicted molar refractivity (Wildman–Crippen MR) is 100.0 cm³/mol. The van der Waals surface area contributed by atoms with E-state index in [0.717, 1.165) is 12.0 Å². The highest BCUT2D eigenvalue weighted by atomic mass is 35.5. The molecule has 5 heteroatoms. The molecule has 0 atom stereocenters. The Morgan fingerprint density at radius 3 is 2.79 bits per heavy atom. The van der Waals surface area contributed by atoms with Gasteiger partial charge in [0, 0.05) is 0 Å². The highest BCUT2D eigenvalue weighted by Crippen LogP contribution is 2.31. The molecule has 0 aliphatic carbocycles. The molecule has 0 amide bonds. The topological polar surface area (TPSA) is 35.5 Å². The summed E-state index contributed by atoms with van der Waals surface area (Å²) in [4.78, 5) is 11.7. The number of allylic oxidation sites excluding steroid dienone is 3. The Labute approximate surface area is 154 Å². The van der Waals surface area contributed by atoms with Gasteiger partial charge in [0.2, 0.25) is 0 Å². The van der Waals surface area contributed by atoms with E-state index in [2.05, 4.69) is 13.0 Å². The highest BCUT2D eigenvalue weighted by molar-refractivity contribution is 6.42. The van der Waals surface area contributed by atoms with Gasteiger partial charge in [0.15, 0.2) is 6.61 Å². The first-order valence-corrected chi connectivity index (χ1v) is 8.86. The van der Waals surface area contributed by atoms with E-state index < -0.39 is 5.97 Å². The van der Waals surface area contributed by atoms with Crippen molar-refractivity contribution in [1.29, 1.82) is 0 Å². The monoisotopic (exact) mass is 370 g/mol. The Hall–Kier alpha value is -1.45. The third kappa shape index (κ3) is 8.42. The van der Waals surface area contributed by atoms with Crippen molar-refractivity contribution in [3.63, 3.8) is 0 Å². The minimum Gasteiger partial charge on any atom is -0.480 e. The maximum atomic E-state index is 11.7. The number of carbonyl (C=O) groups is 1. The zero-order valence-electron chi connectivity index (χ0n) is 14.2. The van der Waals surface area contributed by atoms with Crippen LogP contribution in [0.3, 0.4) is 0 Å².